The van der Waals surface area contributed by atoms with Crippen molar-refractivity contribution in [2.75, 3.05) is 25.1 Å². The zero-order chi connectivity index (χ0) is 23.5. The Hall–Kier alpha value is -3.90. The number of rotatable bonds is 7. The van der Waals surface area contributed by atoms with Gasteiger partial charge in [0, 0.05) is 17.4 Å². The lowest BCUT2D eigenvalue weighted by Gasteiger charge is -2.41. The molecule has 1 fully saturated rings. The van der Waals surface area contributed by atoms with E-state index in [1.165, 1.54) is 7.11 Å². The minimum Gasteiger partial charge on any atom is -0.487 e. The van der Waals surface area contributed by atoms with Gasteiger partial charge in [0.25, 0.3) is 0 Å². The van der Waals surface area contributed by atoms with Crippen molar-refractivity contribution >= 4 is 23.3 Å². The maximum absolute atomic E-state index is 12.4. The minimum absolute atomic E-state index is 0.0438. The SMILES string of the molecule is COC(=O)c1cccc(N2CC(Oc3ccc(Oc4ccc(Cl)cc4)cc3)C2)c1-n1cccc1. The van der Waals surface area contributed by atoms with E-state index in [1.807, 2.05) is 77.6 Å². The topological polar surface area (TPSA) is 52.9 Å². The predicted octanol–water partition coefficient (Wildman–Crippen LogP) is 5.98. The van der Waals surface area contributed by atoms with Crippen LogP contribution in [0.3, 0.4) is 0 Å². The van der Waals surface area contributed by atoms with Crippen LogP contribution >= 0.6 is 11.6 Å². The van der Waals surface area contributed by atoms with Gasteiger partial charge in [0.05, 0.1) is 37.1 Å². The molecule has 7 heteroatoms. The molecule has 0 N–H and O–H groups in total. The van der Waals surface area contributed by atoms with Crippen LogP contribution in [0.5, 0.6) is 17.2 Å². The van der Waals surface area contributed by atoms with Gasteiger partial charge in [0.15, 0.2) is 0 Å². The van der Waals surface area contributed by atoms with Gasteiger partial charge >= 0.3 is 5.97 Å². The average Bonchev–Trinajstić information content (AvgIpc) is 3.37. The van der Waals surface area contributed by atoms with Crippen LogP contribution in [-0.2, 0) is 4.74 Å². The Kier molecular flexibility index (Phi) is 6.14. The summed E-state index contributed by atoms with van der Waals surface area (Å²) in [6.07, 6.45) is 3.89. The Labute approximate surface area is 202 Å². The summed E-state index contributed by atoms with van der Waals surface area (Å²) < 4.78 is 18.9. The van der Waals surface area contributed by atoms with Crippen LogP contribution in [0.2, 0.25) is 5.02 Å². The molecule has 0 aliphatic carbocycles. The molecule has 0 unspecified atom stereocenters. The number of carbonyl (C=O) groups is 1. The molecule has 0 atom stereocenters. The monoisotopic (exact) mass is 474 g/mol. The van der Waals surface area contributed by atoms with Crippen molar-refractivity contribution in [1.29, 1.82) is 0 Å². The van der Waals surface area contributed by atoms with E-state index in [1.54, 1.807) is 18.2 Å². The smallest absolute Gasteiger partial charge is 0.340 e. The van der Waals surface area contributed by atoms with Crippen LogP contribution in [-0.4, -0.2) is 36.8 Å². The summed E-state index contributed by atoms with van der Waals surface area (Å²) in [6, 6.07) is 24.3. The Morgan fingerprint density at radius 2 is 1.47 bits per heavy atom. The number of para-hydroxylation sites is 1. The number of hydrogen-bond donors (Lipinski definition) is 0. The fourth-order valence-electron chi connectivity index (χ4n) is 3.94. The second-order valence-corrected chi connectivity index (χ2v) is 8.36. The fourth-order valence-corrected chi connectivity index (χ4v) is 4.07. The first-order valence-corrected chi connectivity index (χ1v) is 11.3. The van der Waals surface area contributed by atoms with Gasteiger partial charge in [-0.15, -0.1) is 0 Å². The molecule has 172 valence electrons. The summed E-state index contributed by atoms with van der Waals surface area (Å²) in [5.74, 6) is 1.86. The molecular formula is C27H23ClN2O4. The predicted molar refractivity (Wildman–Crippen MR) is 132 cm³/mol. The lowest BCUT2D eigenvalue weighted by atomic mass is 10.1. The quantitative estimate of drug-likeness (QED) is 0.308. The molecule has 1 aliphatic heterocycles. The van der Waals surface area contributed by atoms with E-state index in [0.29, 0.717) is 23.7 Å². The molecule has 0 spiro atoms. The van der Waals surface area contributed by atoms with Crippen molar-refractivity contribution in [2.24, 2.45) is 0 Å². The van der Waals surface area contributed by atoms with Crippen LogP contribution in [0.4, 0.5) is 5.69 Å². The molecule has 0 saturated carbocycles. The van der Waals surface area contributed by atoms with Crippen LogP contribution in [0, 0.1) is 0 Å². The number of hydrogen-bond acceptors (Lipinski definition) is 5. The summed E-state index contributed by atoms with van der Waals surface area (Å²) in [6.45, 7) is 1.42. The number of methoxy groups -OCH3 is 1. The number of halogens is 1. The zero-order valence-electron chi connectivity index (χ0n) is 18.6. The van der Waals surface area contributed by atoms with Gasteiger partial charge in [-0.3, -0.25) is 0 Å². The van der Waals surface area contributed by atoms with Crippen molar-refractivity contribution in [1.82, 2.24) is 4.57 Å². The summed E-state index contributed by atoms with van der Waals surface area (Å²) in [5, 5.41) is 0.670. The lowest BCUT2D eigenvalue weighted by Crippen LogP contribution is -2.54. The van der Waals surface area contributed by atoms with Crippen LogP contribution in [0.25, 0.3) is 5.69 Å². The molecule has 3 aromatic carbocycles. The Balaban J connectivity index is 1.25. The third-order valence-electron chi connectivity index (χ3n) is 5.65. The molecule has 0 amide bonds. The Morgan fingerprint density at radius 3 is 2.12 bits per heavy atom. The van der Waals surface area contributed by atoms with Gasteiger partial charge in [-0.2, -0.15) is 0 Å². The van der Waals surface area contributed by atoms with Gasteiger partial charge in [-0.1, -0.05) is 17.7 Å². The van der Waals surface area contributed by atoms with E-state index in [-0.39, 0.29) is 12.1 Å². The maximum Gasteiger partial charge on any atom is 0.340 e. The van der Waals surface area contributed by atoms with Crippen LogP contribution < -0.4 is 14.4 Å². The largest absolute Gasteiger partial charge is 0.487 e. The van der Waals surface area contributed by atoms with Crippen LogP contribution in [0.15, 0.2) is 91.3 Å². The molecule has 1 saturated heterocycles. The highest BCUT2D eigenvalue weighted by Crippen LogP contribution is 2.33. The number of ether oxygens (including phenoxy) is 3. The summed E-state index contributed by atoms with van der Waals surface area (Å²) in [5.41, 5.74) is 2.30. The Morgan fingerprint density at radius 1 is 0.853 bits per heavy atom. The van der Waals surface area contributed by atoms with E-state index in [4.69, 9.17) is 25.8 Å². The molecule has 4 aromatic rings. The number of esters is 1. The number of anilines is 1. The molecule has 2 heterocycles. The third kappa shape index (κ3) is 4.58. The second kappa shape index (κ2) is 9.53. The van der Waals surface area contributed by atoms with Crippen molar-refractivity contribution in [3.63, 3.8) is 0 Å². The Bertz CT molecular complexity index is 1270. The highest BCUT2D eigenvalue weighted by Gasteiger charge is 2.32. The number of nitrogens with zero attached hydrogens (tertiary/aromatic N) is 2. The van der Waals surface area contributed by atoms with E-state index in [2.05, 4.69) is 4.90 Å². The normalized spacial score (nSPS) is 13.3. The standard InChI is InChI=1S/C27H23ClN2O4/c1-32-27(31)24-5-4-6-25(26(24)29-15-2-3-16-29)30-17-23(18-30)34-22-13-11-21(12-14-22)33-20-9-7-19(28)8-10-20/h2-16,23H,17-18H2,1H3. The number of aromatic nitrogens is 1. The summed E-state index contributed by atoms with van der Waals surface area (Å²) in [4.78, 5) is 14.6. The minimum atomic E-state index is -0.361. The highest BCUT2D eigenvalue weighted by molar-refractivity contribution is 6.30. The first-order valence-electron chi connectivity index (χ1n) is 10.9. The van der Waals surface area contributed by atoms with Crippen molar-refractivity contribution in [2.45, 2.75) is 6.10 Å². The zero-order valence-corrected chi connectivity index (χ0v) is 19.3. The van der Waals surface area contributed by atoms with Gasteiger partial charge in [-0.05, 0) is 72.8 Å². The molecular weight excluding hydrogens is 452 g/mol. The lowest BCUT2D eigenvalue weighted by molar-refractivity contribution is 0.0600. The van der Waals surface area contributed by atoms with Gasteiger partial charge < -0.3 is 23.7 Å². The van der Waals surface area contributed by atoms with Gasteiger partial charge in [0.1, 0.15) is 23.4 Å². The van der Waals surface area contributed by atoms with E-state index < -0.39 is 0 Å². The van der Waals surface area contributed by atoms with Gasteiger partial charge in [-0.25, -0.2) is 4.79 Å². The average molecular weight is 475 g/mol. The van der Waals surface area contributed by atoms with E-state index in [9.17, 15) is 4.79 Å². The highest BCUT2D eigenvalue weighted by atomic mass is 35.5. The molecule has 5 rings (SSSR count). The van der Waals surface area contributed by atoms with Gasteiger partial charge in [0.2, 0.25) is 0 Å². The molecule has 1 aromatic heterocycles. The molecule has 34 heavy (non-hydrogen) atoms. The molecule has 0 radical (unpaired) electrons. The third-order valence-corrected chi connectivity index (χ3v) is 5.90. The molecule has 0 bridgehead atoms. The van der Waals surface area contributed by atoms with E-state index >= 15 is 0 Å². The first-order chi connectivity index (χ1) is 16.6. The van der Waals surface area contributed by atoms with E-state index in [0.717, 1.165) is 28.6 Å². The second-order valence-electron chi connectivity index (χ2n) is 7.93. The van der Waals surface area contributed by atoms with Crippen molar-refractivity contribution in [3.8, 4) is 22.9 Å². The van der Waals surface area contributed by atoms with Crippen molar-refractivity contribution in [3.05, 3.63) is 102 Å². The fraction of sp³-hybridized carbons (Fsp3) is 0.148. The number of benzene rings is 3. The maximum atomic E-state index is 12.4. The first kappa shape index (κ1) is 21.9. The van der Waals surface area contributed by atoms with Crippen LogP contribution in [0.1, 0.15) is 10.4 Å². The summed E-state index contributed by atoms with van der Waals surface area (Å²) in [7, 11) is 1.40. The molecule has 6 nitrogen and oxygen atoms in total. The number of carbonyl (C=O) groups excluding carboxylic acids is 1. The van der Waals surface area contributed by atoms with Crippen molar-refractivity contribution < 1.29 is 19.0 Å². The molecule has 1 aliphatic rings. The summed E-state index contributed by atoms with van der Waals surface area (Å²) >= 11 is 5.92.